The van der Waals surface area contributed by atoms with Crippen LogP contribution < -0.4 is 20.7 Å². The molecule has 4 N–H and O–H groups in total. The lowest BCUT2D eigenvalue weighted by Crippen LogP contribution is -2.34. The van der Waals surface area contributed by atoms with E-state index in [9.17, 15) is 31.9 Å². The van der Waals surface area contributed by atoms with Crippen molar-refractivity contribution >= 4 is 51.8 Å². The number of aryl methyl sites for hydroxylation is 1. The van der Waals surface area contributed by atoms with Crippen LogP contribution in [-0.2, 0) is 31.1 Å². The number of hydrogen-bond donors (Lipinski definition) is 4. The van der Waals surface area contributed by atoms with Crippen LogP contribution in [0.15, 0.2) is 42.6 Å². The number of aromatic nitrogens is 3. The summed E-state index contributed by atoms with van der Waals surface area (Å²) in [7, 11) is 1.62. The van der Waals surface area contributed by atoms with E-state index in [1.807, 2.05) is 0 Å². The number of aliphatic hydroxyl groups excluding tert-OH is 1. The molecule has 0 fully saturated rings. The van der Waals surface area contributed by atoms with Gasteiger partial charge in [-0.25, -0.2) is 13.8 Å². The van der Waals surface area contributed by atoms with Gasteiger partial charge in [0.2, 0.25) is 11.9 Å². The Morgan fingerprint density at radius 2 is 1.83 bits per heavy atom. The van der Waals surface area contributed by atoms with E-state index >= 15 is 0 Å². The van der Waals surface area contributed by atoms with Gasteiger partial charge >= 0.3 is 6.18 Å². The van der Waals surface area contributed by atoms with Gasteiger partial charge in [0, 0.05) is 43.4 Å². The molecule has 4 aromatic rings. The SMILES string of the molecule is Cn1c(Nc2c(Cl)ccc(CNC(=O)C(C)(C)C)c2Cl)nc2cc(C(O)NCc3ncccc3C(F)(F)F)c(OCC(F)F)cc21. The number of ether oxygens (including phenoxy) is 1. The number of benzene rings is 2. The molecule has 0 aliphatic rings. The number of halogens is 7. The van der Waals surface area contributed by atoms with Crippen LogP contribution in [-0.4, -0.2) is 38.6 Å². The zero-order valence-corrected chi connectivity index (χ0v) is 26.6. The van der Waals surface area contributed by atoms with E-state index in [0.29, 0.717) is 11.1 Å². The number of pyridine rings is 1. The molecule has 0 saturated carbocycles. The normalized spacial score (nSPS) is 12.9. The summed E-state index contributed by atoms with van der Waals surface area (Å²) in [5.74, 6) is -0.106. The van der Waals surface area contributed by atoms with E-state index in [0.717, 1.165) is 12.1 Å². The minimum atomic E-state index is -4.68. The standard InChI is InChI=1S/C30H31Cl2F5N6O3/c1-29(2,3)27(45)40-12-15-7-8-18(31)25(24(15)32)42-28-41-19-10-16(22(46-14-23(33)34)11-21(19)43(28)4)26(44)39-13-20-17(30(35,36)37)6-5-9-38-20/h5-11,23,26,39,44H,12-14H2,1-4H3,(H,40,45)(H,41,42). The molecule has 0 bridgehead atoms. The molecule has 0 aliphatic heterocycles. The Kier molecular flexibility index (Phi) is 10.7. The number of carbonyl (C=O) groups is 1. The highest BCUT2D eigenvalue weighted by atomic mass is 35.5. The van der Waals surface area contributed by atoms with E-state index in [4.69, 9.17) is 27.9 Å². The Morgan fingerprint density at radius 3 is 2.48 bits per heavy atom. The van der Waals surface area contributed by atoms with Crippen molar-refractivity contribution in [1.82, 2.24) is 25.2 Å². The molecule has 0 saturated heterocycles. The van der Waals surface area contributed by atoms with E-state index in [1.54, 1.807) is 44.5 Å². The molecule has 1 atom stereocenters. The quantitative estimate of drug-likeness (QED) is 0.0980. The van der Waals surface area contributed by atoms with Gasteiger partial charge in [-0.15, -0.1) is 0 Å². The van der Waals surface area contributed by atoms with E-state index in [-0.39, 0.29) is 56.7 Å². The van der Waals surface area contributed by atoms with Gasteiger partial charge in [-0.3, -0.25) is 15.1 Å². The fourth-order valence-electron chi connectivity index (χ4n) is 4.38. The highest BCUT2D eigenvalue weighted by molar-refractivity contribution is 6.39. The molecule has 1 amide bonds. The van der Waals surface area contributed by atoms with Crippen LogP contribution in [0, 0.1) is 5.41 Å². The molecule has 2 aromatic heterocycles. The van der Waals surface area contributed by atoms with Crippen LogP contribution in [0.5, 0.6) is 5.75 Å². The molecule has 0 spiro atoms. The minimum Gasteiger partial charge on any atom is -0.487 e. The van der Waals surface area contributed by atoms with Gasteiger partial charge in [-0.2, -0.15) is 13.2 Å². The zero-order chi connectivity index (χ0) is 34.0. The lowest BCUT2D eigenvalue weighted by molar-refractivity contribution is -0.138. The Balaban J connectivity index is 1.65. The Labute approximate surface area is 271 Å². The van der Waals surface area contributed by atoms with Crippen LogP contribution >= 0.6 is 23.2 Å². The fraction of sp³-hybridized carbons (Fsp3) is 0.367. The number of alkyl halides is 5. The van der Waals surface area contributed by atoms with Gasteiger partial charge in [0.05, 0.1) is 38.0 Å². The third kappa shape index (κ3) is 8.16. The van der Waals surface area contributed by atoms with Gasteiger partial charge in [0.15, 0.2) is 0 Å². The number of fused-ring (bicyclic) bond motifs is 1. The van der Waals surface area contributed by atoms with Crippen molar-refractivity contribution in [1.29, 1.82) is 0 Å². The molecule has 1 unspecified atom stereocenters. The molecule has 2 heterocycles. The average molecular weight is 690 g/mol. The molecule has 248 valence electrons. The van der Waals surface area contributed by atoms with Gasteiger partial charge in [0.1, 0.15) is 18.6 Å². The summed E-state index contributed by atoms with van der Waals surface area (Å²) in [6.45, 7) is 3.96. The maximum Gasteiger partial charge on any atom is 0.418 e. The third-order valence-corrected chi connectivity index (χ3v) is 7.61. The van der Waals surface area contributed by atoms with E-state index < -0.39 is 43.0 Å². The molecule has 0 aliphatic carbocycles. The van der Waals surface area contributed by atoms with Gasteiger partial charge in [0.25, 0.3) is 6.43 Å². The van der Waals surface area contributed by atoms with Crippen molar-refractivity contribution in [2.45, 2.75) is 52.7 Å². The number of rotatable bonds is 11. The summed E-state index contributed by atoms with van der Waals surface area (Å²) in [6, 6.07) is 8.01. The Morgan fingerprint density at radius 1 is 1.11 bits per heavy atom. The summed E-state index contributed by atoms with van der Waals surface area (Å²) < 4.78 is 73.3. The maximum absolute atomic E-state index is 13.4. The van der Waals surface area contributed by atoms with Crippen molar-refractivity contribution in [2.24, 2.45) is 12.5 Å². The molecular weight excluding hydrogens is 658 g/mol. The fourth-order valence-corrected chi connectivity index (χ4v) is 4.91. The minimum absolute atomic E-state index is 0.0464. The van der Waals surface area contributed by atoms with E-state index in [2.05, 4.69) is 25.9 Å². The first-order valence-corrected chi connectivity index (χ1v) is 14.6. The molecule has 16 heteroatoms. The highest BCUT2D eigenvalue weighted by Crippen LogP contribution is 2.38. The highest BCUT2D eigenvalue weighted by Gasteiger charge is 2.34. The number of nitrogens with one attached hydrogen (secondary N) is 3. The van der Waals surface area contributed by atoms with Gasteiger partial charge in [-0.05, 0) is 29.8 Å². The van der Waals surface area contributed by atoms with Crippen LogP contribution in [0.3, 0.4) is 0 Å². The van der Waals surface area contributed by atoms with Crippen molar-refractivity contribution in [3.05, 3.63) is 75.0 Å². The van der Waals surface area contributed by atoms with Crippen molar-refractivity contribution < 1.29 is 36.6 Å². The summed E-state index contributed by atoms with van der Waals surface area (Å²) >= 11 is 13.1. The van der Waals surface area contributed by atoms with Crippen molar-refractivity contribution in [2.75, 3.05) is 11.9 Å². The number of nitrogens with zero attached hydrogens (tertiary/aromatic N) is 3. The summed E-state index contributed by atoms with van der Waals surface area (Å²) in [5.41, 5.74) is -0.484. The first-order chi connectivity index (χ1) is 21.5. The van der Waals surface area contributed by atoms with E-state index in [1.165, 1.54) is 18.3 Å². The second-order valence-electron chi connectivity index (χ2n) is 11.3. The predicted molar refractivity (Wildman–Crippen MR) is 164 cm³/mol. The Hall–Kier alpha value is -3.72. The largest absolute Gasteiger partial charge is 0.487 e. The first kappa shape index (κ1) is 35.1. The second-order valence-corrected chi connectivity index (χ2v) is 12.1. The lowest BCUT2D eigenvalue weighted by atomic mass is 9.95. The first-order valence-electron chi connectivity index (χ1n) is 13.8. The number of amides is 1. The lowest BCUT2D eigenvalue weighted by Gasteiger charge is -2.19. The average Bonchev–Trinajstić information content (AvgIpc) is 3.28. The van der Waals surface area contributed by atoms with Crippen molar-refractivity contribution in [3.8, 4) is 5.75 Å². The molecule has 4 rings (SSSR count). The van der Waals surface area contributed by atoms with Crippen LogP contribution in [0.2, 0.25) is 10.0 Å². The van der Waals surface area contributed by atoms with Gasteiger partial charge in [-0.1, -0.05) is 50.0 Å². The monoisotopic (exact) mass is 688 g/mol. The van der Waals surface area contributed by atoms with Crippen LogP contribution in [0.4, 0.5) is 33.6 Å². The van der Waals surface area contributed by atoms with Crippen molar-refractivity contribution in [3.63, 3.8) is 0 Å². The van der Waals surface area contributed by atoms with Crippen LogP contribution in [0.1, 0.15) is 49.4 Å². The number of aliphatic hydroxyl groups is 1. The summed E-state index contributed by atoms with van der Waals surface area (Å²) in [6.07, 6.45) is -7.99. The number of hydrogen-bond acceptors (Lipinski definition) is 7. The summed E-state index contributed by atoms with van der Waals surface area (Å²) in [5, 5.41) is 19.8. The zero-order valence-electron chi connectivity index (χ0n) is 25.1. The molecular formula is C30H31Cl2F5N6O3. The molecule has 46 heavy (non-hydrogen) atoms. The number of imidazole rings is 1. The number of carbonyl (C=O) groups excluding carboxylic acids is 1. The predicted octanol–water partition coefficient (Wildman–Crippen LogP) is 7.12. The smallest absolute Gasteiger partial charge is 0.418 e. The third-order valence-electron chi connectivity index (χ3n) is 6.86. The topological polar surface area (TPSA) is 113 Å². The molecule has 9 nitrogen and oxygen atoms in total. The Bertz CT molecular complexity index is 1730. The summed E-state index contributed by atoms with van der Waals surface area (Å²) in [4.78, 5) is 20.6. The van der Waals surface area contributed by atoms with Crippen LogP contribution in [0.25, 0.3) is 11.0 Å². The van der Waals surface area contributed by atoms with Gasteiger partial charge < -0.3 is 25.0 Å². The molecule has 2 aromatic carbocycles. The second kappa shape index (κ2) is 14.0. The maximum atomic E-state index is 13.4. The molecule has 0 radical (unpaired) electrons. The number of anilines is 2.